The second kappa shape index (κ2) is 9.60. The van der Waals surface area contributed by atoms with Gasteiger partial charge in [-0.25, -0.2) is 4.79 Å². The molecule has 4 nitrogen and oxygen atoms in total. The van der Waals surface area contributed by atoms with Crippen LogP contribution in [0.5, 0.6) is 17.2 Å². The number of rotatable bonds is 7. The fourth-order valence-electron chi connectivity index (χ4n) is 2.94. The maximum atomic E-state index is 12.2. The summed E-state index contributed by atoms with van der Waals surface area (Å²) in [7, 11) is 1.55. The number of aryl methyl sites for hydroxylation is 2. The molecule has 0 spiro atoms. The first-order chi connectivity index (χ1) is 14.0. The Bertz CT molecular complexity index is 986. The molecular formula is C25H24O4. The molecule has 4 heteroatoms. The zero-order valence-electron chi connectivity index (χ0n) is 16.8. The SMILES string of the molecule is COc1cc(C=Cc2ccccc2)ccc1OC(=O)COc1cc(C)cc(C)c1. The minimum absolute atomic E-state index is 0.179. The number of carbonyl (C=O) groups is 1. The molecule has 0 unspecified atom stereocenters. The molecule has 148 valence electrons. The number of benzene rings is 3. The third kappa shape index (κ3) is 5.98. The van der Waals surface area contributed by atoms with Crippen LogP contribution in [0.2, 0.25) is 0 Å². The van der Waals surface area contributed by atoms with Crippen molar-refractivity contribution >= 4 is 18.1 Å². The van der Waals surface area contributed by atoms with Gasteiger partial charge in [-0.05, 0) is 60.4 Å². The molecule has 0 bridgehead atoms. The van der Waals surface area contributed by atoms with Gasteiger partial charge >= 0.3 is 5.97 Å². The first-order valence-corrected chi connectivity index (χ1v) is 9.36. The maximum Gasteiger partial charge on any atom is 0.349 e. The average molecular weight is 388 g/mol. The highest BCUT2D eigenvalue weighted by molar-refractivity contribution is 5.76. The van der Waals surface area contributed by atoms with E-state index in [0.29, 0.717) is 17.2 Å². The van der Waals surface area contributed by atoms with Gasteiger partial charge in [-0.2, -0.15) is 0 Å². The van der Waals surface area contributed by atoms with Crippen molar-refractivity contribution < 1.29 is 19.0 Å². The Morgan fingerprint density at radius 2 is 1.52 bits per heavy atom. The largest absolute Gasteiger partial charge is 0.493 e. The molecule has 0 aliphatic rings. The highest BCUT2D eigenvalue weighted by Gasteiger charge is 2.11. The van der Waals surface area contributed by atoms with Crippen LogP contribution >= 0.6 is 0 Å². The topological polar surface area (TPSA) is 44.8 Å². The lowest BCUT2D eigenvalue weighted by Crippen LogP contribution is -2.18. The zero-order chi connectivity index (χ0) is 20.6. The highest BCUT2D eigenvalue weighted by atomic mass is 16.6. The smallest absolute Gasteiger partial charge is 0.349 e. The molecule has 3 aromatic rings. The van der Waals surface area contributed by atoms with Gasteiger partial charge in [0.25, 0.3) is 0 Å². The van der Waals surface area contributed by atoms with Crippen LogP contribution < -0.4 is 14.2 Å². The number of ether oxygens (including phenoxy) is 3. The van der Waals surface area contributed by atoms with E-state index < -0.39 is 5.97 Å². The first kappa shape index (κ1) is 20.2. The monoisotopic (exact) mass is 388 g/mol. The molecule has 29 heavy (non-hydrogen) atoms. The van der Waals surface area contributed by atoms with Crippen molar-refractivity contribution in [3.63, 3.8) is 0 Å². The summed E-state index contributed by atoms with van der Waals surface area (Å²) in [6.07, 6.45) is 3.99. The van der Waals surface area contributed by atoms with E-state index in [0.717, 1.165) is 22.3 Å². The van der Waals surface area contributed by atoms with Crippen molar-refractivity contribution in [2.24, 2.45) is 0 Å². The van der Waals surface area contributed by atoms with E-state index in [2.05, 4.69) is 0 Å². The second-order valence-corrected chi connectivity index (χ2v) is 6.74. The third-order valence-corrected chi connectivity index (χ3v) is 4.23. The quantitative estimate of drug-likeness (QED) is 0.306. The van der Waals surface area contributed by atoms with Crippen molar-refractivity contribution in [1.29, 1.82) is 0 Å². The van der Waals surface area contributed by atoms with Crippen LogP contribution in [0.15, 0.2) is 66.7 Å². The fourth-order valence-corrected chi connectivity index (χ4v) is 2.94. The summed E-state index contributed by atoms with van der Waals surface area (Å²) < 4.78 is 16.4. The molecule has 0 N–H and O–H groups in total. The minimum Gasteiger partial charge on any atom is -0.493 e. The van der Waals surface area contributed by atoms with Crippen LogP contribution in [0.25, 0.3) is 12.2 Å². The van der Waals surface area contributed by atoms with Crippen molar-refractivity contribution in [3.05, 3.63) is 89.0 Å². The number of esters is 1. The third-order valence-electron chi connectivity index (χ3n) is 4.23. The van der Waals surface area contributed by atoms with Gasteiger partial charge in [0.2, 0.25) is 0 Å². The Balaban J connectivity index is 1.64. The van der Waals surface area contributed by atoms with Gasteiger partial charge in [-0.3, -0.25) is 0 Å². The van der Waals surface area contributed by atoms with E-state index in [1.807, 2.05) is 86.7 Å². The minimum atomic E-state index is -0.491. The predicted molar refractivity (Wildman–Crippen MR) is 115 cm³/mol. The number of carbonyl (C=O) groups excluding carboxylic acids is 1. The summed E-state index contributed by atoms with van der Waals surface area (Å²) in [4.78, 5) is 12.2. The maximum absolute atomic E-state index is 12.2. The molecule has 0 aliphatic heterocycles. The van der Waals surface area contributed by atoms with E-state index in [9.17, 15) is 4.79 Å². The Labute approximate surface area is 171 Å². The molecular weight excluding hydrogens is 364 g/mol. The molecule has 0 amide bonds. The molecule has 0 atom stereocenters. The molecule has 0 radical (unpaired) electrons. The zero-order valence-corrected chi connectivity index (χ0v) is 16.8. The predicted octanol–water partition coefficient (Wildman–Crippen LogP) is 5.47. The molecule has 0 aliphatic carbocycles. The van der Waals surface area contributed by atoms with Crippen LogP contribution in [0.4, 0.5) is 0 Å². The number of hydrogen-bond acceptors (Lipinski definition) is 4. The van der Waals surface area contributed by atoms with E-state index in [1.165, 1.54) is 0 Å². The van der Waals surface area contributed by atoms with Crippen molar-refractivity contribution in [2.75, 3.05) is 13.7 Å². The summed E-state index contributed by atoms with van der Waals surface area (Å²) in [6, 6.07) is 21.2. The number of methoxy groups -OCH3 is 1. The lowest BCUT2D eigenvalue weighted by atomic mass is 10.1. The number of hydrogen-bond donors (Lipinski definition) is 0. The van der Waals surface area contributed by atoms with Crippen LogP contribution in [0, 0.1) is 13.8 Å². The van der Waals surface area contributed by atoms with Crippen molar-refractivity contribution in [2.45, 2.75) is 13.8 Å². The molecule has 0 aromatic heterocycles. The Hall–Kier alpha value is -3.53. The van der Waals surface area contributed by atoms with Gasteiger partial charge < -0.3 is 14.2 Å². The summed E-state index contributed by atoms with van der Waals surface area (Å²) >= 11 is 0. The van der Waals surface area contributed by atoms with Gasteiger partial charge in [0.15, 0.2) is 18.1 Å². The Kier molecular flexibility index (Phi) is 6.69. The summed E-state index contributed by atoms with van der Waals surface area (Å²) in [5, 5.41) is 0. The normalized spacial score (nSPS) is 10.7. The second-order valence-electron chi connectivity index (χ2n) is 6.74. The molecule has 0 saturated heterocycles. The van der Waals surface area contributed by atoms with Gasteiger partial charge in [0.05, 0.1) is 7.11 Å². The van der Waals surface area contributed by atoms with Crippen LogP contribution in [-0.4, -0.2) is 19.7 Å². The van der Waals surface area contributed by atoms with Crippen molar-refractivity contribution in [3.8, 4) is 17.2 Å². The first-order valence-electron chi connectivity index (χ1n) is 9.36. The Morgan fingerprint density at radius 3 is 2.21 bits per heavy atom. The molecule has 0 saturated carbocycles. The molecule has 3 rings (SSSR count). The summed E-state index contributed by atoms with van der Waals surface area (Å²) in [6.45, 7) is 3.79. The lowest BCUT2D eigenvalue weighted by molar-refractivity contribution is -0.136. The average Bonchev–Trinajstić information content (AvgIpc) is 2.71. The van der Waals surface area contributed by atoms with E-state index in [4.69, 9.17) is 14.2 Å². The molecule has 0 fully saturated rings. The standard InChI is InChI=1S/C25H24O4/c1-18-13-19(2)15-22(14-18)28-17-25(26)29-23-12-11-21(16-24(23)27-3)10-9-20-7-5-4-6-8-20/h4-16H,17H2,1-3H3. The van der Waals surface area contributed by atoms with Crippen LogP contribution in [0.3, 0.4) is 0 Å². The van der Waals surface area contributed by atoms with Gasteiger partial charge in [0, 0.05) is 0 Å². The van der Waals surface area contributed by atoms with Crippen molar-refractivity contribution in [1.82, 2.24) is 0 Å². The summed E-state index contributed by atoms with van der Waals surface area (Å²) in [5.41, 5.74) is 4.20. The highest BCUT2D eigenvalue weighted by Crippen LogP contribution is 2.29. The fraction of sp³-hybridized carbons (Fsp3) is 0.160. The molecule has 3 aromatic carbocycles. The lowest BCUT2D eigenvalue weighted by Gasteiger charge is -2.11. The van der Waals surface area contributed by atoms with Crippen LogP contribution in [-0.2, 0) is 4.79 Å². The van der Waals surface area contributed by atoms with Gasteiger partial charge in [-0.15, -0.1) is 0 Å². The summed E-state index contributed by atoms with van der Waals surface area (Å²) in [5.74, 6) is 1.00. The Morgan fingerprint density at radius 1 is 0.828 bits per heavy atom. The van der Waals surface area contributed by atoms with E-state index in [1.54, 1.807) is 13.2 Å². The van der Waals surface area contributed by atoms with Gasteiger partial charge in [-0.1, -0.05) is 54.6 Å². The van der Waals surface area contributed by atoms with Crippen LogP contribution in [0.1, 0.15) is 22.3 Å². The van der Waals surface area contributed by atoms with E-state index in [-0.39, 0.29) is 6.61 Å². The molecule has 0 heterocycles. The van der Waals surface area contributed by atoms with Gasteiger partial charge in [0.1, 0.15) is 5.75 Å². The van der Waals surface area contributed by atoms with E-state index >= 15 is 0 Å².